The van der Waals surface area contributed by atoms with E-state index in [1.807, 2.05) is 32.0 Å². The van der Waals surface area contributed by atoms with Crippen molar-refractivity contribution < 1.29 is 18.9 Å². The Morgan fingerprint density at radius 3 is 2.67 bits per heavy atom. The third-order valence-corrected chi connectivity index (χ3v) is 5.53. The van der Waals surface area contributed by atoms with Crippen LogP contribution in [0.4, 0.5) is 17.3 Å². The molecule has 0 unspecified atom stereocenters. The van der Waals surface area contributed by atoms with Gasteiger partial charge in [0.1, 0.15) is 16.7 Å². The third-order valence-electron chi connectivity index (χ3n) is 5.53. The van der Waals surface area contributed by atoms with Crippen LogP contribution >= 0.6 is 0 Å². The number of amides is 1. The molecule has 1 amide bonds. The normalized spacial score (nSPS) is 20.2. The number of rotatable bonds is 3. The summed E-state index contributed by atoms with van der Waals surface area (Å²) in [5.41, 5.74) is 2.21. The molecular weight excluding hydrogens is 386 g/mol. The zero-order chi connectivity index (χ0) is 21.6. The van der Waals surface area contributed by atoms with E-state index in [9.17, 15) is 19.7 Å². The standard InChI is InChI=1S/C22H23N3O5/c1-4-18(27)24-15-8-6-5-7-13(15)23-14-11-22(2,3)12-16(26)20(14)21(24)17-9-10-19(30-17)25(28)29/h5-10,21,23H,4,11-12H2,1-3H3/t21-/m1/s1. The number of nitro groups is 1. The number of nitrogens with zero attached hydrogens (tertiary/aromatic N) is 2. The number of hydrogen-bond acceptors (Lipinski definition) is 6. The summed E-state index contributed by atoms with van der Waals surface area (Å²) in [5.74, 6) is -0.535. The Balaban J connectivity index is 2.00. The van der Waals surface area contributed by atoms with Crippen LogP contribution in [0.25, 0.3) is 0 Å². The Bertz CT molecular complexity index is 1080. The van der Waals surface area contributed by atoms with Gasteiger partial charge in [0.2, 0.25) is 5.91 Å². The van der Waals surface area contributed by atoms with Crippen LogP contribution in [-0.4, -0.2) is 16.6 Å². The first-order valence-electron chi connectivity index (χ1n) is 9.90. The van der Waals surface area contributed by atoms with Crippen molar-refractivity contribution in [1.82, 2.24) is 0 Å². The Kier molecular flexibility index (Phi) is 4.72. The number of carbonyl (C=O) groups is 2. The molecule has 0 spiro atoms. The molecule has 1 aromatic heterocycles. The average Bonchev–Trinajstić information content (AvgIpc) is 3.11. The number of benzene rings is 1. The molecule has 0 radical (unpaired) electrons. The summed E-state index contributed by atoms with van der Waals surface area (Å²) in [7, 11) is 0. The van der Waals surface area contributed by atoms with Crippen LogP contribution in [0.1, 0.15) is 51.8 Å². The van der Waals surface area contributed by atoms with Gasteiger partial charge in [0.05, 0.1) is 17.4 Å². The average molecular weight is 409 g/mol. The molecule has 1 aliphatic carbocycles. The van der Waals surface area contributed by atoms with Crippen LogP contribution in [0.3, 0.4) is 0 Å². The van der Waals surface area contributed by atoms with Gasteiger partial charge in [-0.3, -0.25) is 24.6 Å². The predicted octanol–water partition coefficient (Wildman–Crippen LogP) is 4.74. The molecule has 2 heterocycles. The predicted molar refractivity (Wildman–Crippen MR) is 111 cm³/mol. The largest absolute Gasteiger partial charge is 0.433 e. The molecule has 1 atom stereocenters. The number of ketones is 1. The highest BCUT2D eigenvalue weighted by Gasteiger charge is 2.44. The number of nitrogens with one attached hydrogen (secondary N) is 1. The minimum Gasteiger partial charge on any atom is -0.403 e. The van der Waals surface area contributed by atoms with E-state index in [2.05, 4.69) is 5.32 Å². The third kappa shape index (κ3) is 3.28. The summed E-state index contributed by atoms with van der Waals surface area (Å²) >= 11 is 0. The highest BCUT2D eigenvalue weighted by atomic mass is 16.6. The van der Waals surface area contributed by atoms with Crippen LogP contribution in [0.15, 0.2) is 52.1 Å². The number of anilines is 2. The van der Waals surface area contributed by atoms with E-state index in [4.69, 9.17) is 4.42 Å². The monoisotopic (exact) mass is 409 g/mol. The second-order valence-electron chi connectivity index (χ2n) is 8.43. The molecular formula is C22H23N3O5. The van der Waals surface area contributed by atoms with Gasteiger partial charge in [-0.15, -0.1) is 0 Å². The highest BCUT2D eigenvalue weighted by molar-refractivity contribution is 6.06. The zero-order valence-corrected chi connectivity index (χ0v) is 17.1. The van der Waals surface area contributed by atoms with Gasteiger partial charge in [-0.25, -0.2) is 0 Å². The Labute approximate surface area is 173 Å². The molecule has 1 aliphatic heterocycles. The number of carbonyl (C=O) groups excluding carboxylic acids is 2. The lowest BCUT2D eigenvalue weighted by Crippen LogP contribution is -2.39. The quantitative estimate of drug-likeness (QED) is 0.580. The summed E-state index contributed by atoms with van der Waals surface area (Å²) in [6.07, 6.45) is 1.13. The molecule has 8 nitrogen and oxygen atoms in total. The fraction of sp³-hybridized carbons (Fsp3) is 0.364. The van der Waals surface area contributed by atoms with E-state index < -0.39 is 16.8 Å². The van der Waals surface area contributed by atoms with Crippen molar-refractivity contribution in [3.05, 3.63) is 63.5 Å². The maximum absolute atomic E-state index is 13.3. The number of hydrogen-bond donors (Lipinski definition) is 1. The lowest BCUT2D eigenvalue weighted by Gasteiger charge is -2.35. The van der Waals surface area contributed by atoms with E-state index in [1.165, 1.54) is 17.0 Å². The molecule has 1 N–H and O–H groups in total. The number of fused-ring (bicyclic) bond motifs is 1. The number of furan rings is 1. The number of allylic oxidation sites excluding steroid dienone is 1. The maximum Gasteiger partial charge on any atom is 0.433 e. The maximum atomic E-state index is 13.3. The summed E-state index contributed by atoms with van der Waals surface area (Å²) in [6.45, 7) is 5.79. The highest BCUT2D eigenvalue weighted by Crippen LogP contribution is 2.48. The van der Waals surface area contributed by atoms with Crippen molar-refractivity contribution in [2.45, 2.75) is 46.1 Å². The molecule has 8 heteroatoms. The summed E-state index contributed by atoms with van der Waals surface area (Å²) in [5, 5.41) is 14.6. The zero-order valence-electron chi connectivity index (χ0n) is 17.1. The molecule has 30 heavy (non-hydrogen) atoms. The number of Topliss-reactive ketones (excluding diaryl/α,β-unsaturated/α-hetero) is 1. The van der Waals surface area contributed by atoms with E-state index in [0.29, 0.717) is 29.8 Å². The SMILES string of the molecule is CCC(=O)N1c2ccccc2NC2=C(C(=O)CC(C)(C)C2)[C@H]1c1ccc([N+](=O)[O-])o1. The molecule has 156 valence electrons. The van der Waals surface area contributed by atoms with Crippen molar-refractivity contribution in [3.8, 4) is 0 Å². The van der Waals surface area contributed by atoms with Crippen LogP contribution in [0.5, 0.6) is 0 Å². The molecule has 4 rings (SSSR count). The van der Waals surface area contributed by atoms with Crippen molar-refractivity contribution >= 4 is 28.9 Å². The van der Waals surface area contributed by atoms with Gasteiger partial charge in [-0.05, 0) is 30.0 Å². The molecule has 0 bridgehead atoms. The van der Waals surface area contributed by atoms with E-state index in [0.717, 1.165) is 5.70 Å². The van der Waals surface area contributed by atoms with Gasteiger partial charge in [0.15, 0.2) is 5.78 Å². The fourth-order valence-electron chi connectivity index (χ4n) is 4.29. The Morgan fingerprint density at radius 1 is 1.27 bits per heavy atom. The molecule has 2 aromatic rings. The van der Waals surface area contributed by atoms with Crippen molar-refractivity contribution in [2.75, 3.05) is 10.2 Å². The smallest absolute Gasteiger partial charge is 0.403 e. The van der Waals surface area contributed by atoms with E-state index in [-0.39, 0.29) is 29.3 Å². The summed E-state index contributed by atoms with van der Waals surface area (Å²) < 4.78 is 5.52. The molecule has 0 fully saturated rings. The number of para-hydroxylation sites is 2. The van der Waals surface area contributed by atoms with Gasteiger partial charge in [0.25, 0.3) is 0 Å². The molecule has 1 aromatic carbocycles. The Hall–Kier alpha value is -3.42. The first-order valence-corrected chi connectivity index (χ1v) is 9.90. The van der Waals surface area contributed by atoms with Crippen molar-refractivity contribution in [1.29, 1.82) is 0 Å². The first-order chi connectivity index (χ1) is 14.2. The minimum atomic E-state index is -0.874. The van der Waals surface area contributed by atoms with Gasteiger partial charge < -0.3 is 9.73 Å². The lowest BCUT2D eigenvalue weighted by atomic mass is 9.74. The van der Waals surface area contributed by atoms with Crippen molar-refractivity contribution in [2.24, 2.45) is 5.41 Å². The second kappa shape index (κ2) is 7.12. The minimum absolute atomic E-state index is 0.0977. The second-order valence-corrected chi connectivity index (χ2v) is 8.43. The van der Waals surface area contributed by atoms with Crippen LogP contribution in [0, 0.1) is 15.5 Å². The van der Waals surface area contributed by atoms with Gasteiger partial charge in [-0.2, -0.15) is 0 Å². The molecule has 0 saturated carbocycles. The summed E-state index contributed by atoms with van der Waals surface area (Å²) in [4.78, 5) is 38.5. The van der Waals surface area contributed by atoms with Crippen molar-refractivity contribution in [3.63, 3.8) is 0 Å². The topological polar surface area (TPSA) is 106 Å². The van der Waals surface area contributed by atoms with Gasteiger partial charge >= 0.3 is 5.88 Å². The first kappa shape index (κ1) is 19.9. The van der Waals surface area contributed by atoms with Crippen LogP contribution in [-0.2, 0) is 9.59 Å². The molecule has 0 saturated heterocycles. The lowest BCUT2D eigenvalue weighted by molar-refractivity contribution is -0.402. The van der Waals surface area contributed by atoms with E-state index in [1.54, 1.807) is 13.0 Å². The van der Waals surface area contributed by atoms with Crippen LogP contribution in [0.2, 0.25) is 0 Å². The van der Waals surface area contributed by atoms with E-state index >= 15 is 0 Å². The van der Waals surface area contributed by atoms with Crippen LogP contribution < -0.4 is 10.2 Å². The van der Waals surface area contributed by atoms with Gasteiger partial charge in [0, 0.05) is 24.1 Å². The Morgan fingerprint density at radius 2 is 2.00 bits per heavy atom. The fourth-order valence-corrected chi connectivity index (χ4v) is 4.29. The van der Waals surface area contributed by atoms with Gasteiger partial charge in [-0.1, -0.05) is 32.9 Å². The summed E-state index contributed by atoms with van der Waals surface area (Å²) in [6, 6.07) is 9.18. The molecule has 2 aliphatic rings.